The van der Waals surface area contributed by atoms with Crippen molar-refractivity contribution in [1.29, 1.82) is 0 Å². The number of methoxy groups -OCH3 is 1. The van der Waals surface area contributed by atoms with Gasteiger partial charge in [-0.05, 0) is 67.5 Å². The number of ether oxygens (including phenoxy) is 2. The van der Waals surface area contributed by atoms with Gasteiger partial charge in [0.2, 0.25) is 0 Å². The molecule has 0 aliphatic heterocycles. The van der Waals surface area contributed by atoms with Gasteiger partial charge in [0, 0.05) is 29.6 Å². The number of anilines is 1. The van der Waals surface area contributed by atoms with Crippen molar-refractivity contribution >= 4 is 28.5 Å². The van der Waals surface area contributed by atoms with E-state index in [1.807, 2.05) is 30.3 Å². The normalized spacial score (nSPS) is 17.5. The molecular weight excluding hydrogens is 454 g/mol. The second-order valence-electron chi connectivity index (χ2n) is 9.21. The number of hydrogen-bond donors (Lipinski definition) is 2. The average molecular weight is 484 g/mol. The minimum absolute atomic E-state index is 0.0556. The van der Waals surface area contributed by atoms with E-state index >= 15 is 0 Å². The minimum atomic E-state index is -0.211. The molecule has 0 saturated heterocycles. The Balaban J connectivity index is 1.22. The first-order chi connectivity index (χ1) is 17.5. The smallest absolute Gasteiger partial charge is 0.302 e. The number of pyridine rings is 1. The van der Waals surface area contributed by atoms with Gasteiger partial charge in [0.25, 0.3) is 5.91 Å². The summed E-state index contributed by atoms with van der Waals surface area (Å²) in [5.41, 5.74) is 5.21. The van der Waals surface area contributed by atoms with Crippen LogP contribution in [0.5, 0.6) is 5.75 Å². The van der Waals surface area contributed by atoms with Crippen LogP contribution in [0.25, 0.3) is 22.2 Å². The third-order valence-corrected chi connectivity index (χ3v) is 6.84. The first-order valence-electron chi connectivity index (χ1n) is 12.2. The number of amides is 1. The number of hydrogen-bond acceptors (Lipinski definition) is 5. The lowest BCUT2D eigenvalue weighted by Gasteiger charge is -2.28. The average Bonchev–Trinajstić information content (AvgIpc) is 3.33. The second kappa shape index (κ2) is 10.2. The van der Waals surface area contributed by atoms with Gasteiger partial charge in [-0.25, -0.2) is 0 Å². The Kier molecular flexibility index (Phi) is 6.71. The van der Waals surface area contributed by atoms with Crippen LogP contribution in [-0.2, 0) is 9.53 Å². The minimum Gasteiger partial charge on any atom is -0.497 e. The van der Waals surface area contributed by atoms with E-state index in [4.69, 9.17) is 9.47 Å². The van der Waals surface area contributed by atoms with E-state index in [1.165, 1.54) is 12.5 Å². The molecule has 0 unspecified atom stereocenters. The SMILES string of the molecule is COc1ccc2[nH]cc(C(=O)Nc3ccc(-c4ccc(C5CCC(OC(C)=O)CC5)cc4)nc3)c2c1. The molecule has 1 fully saturated rings. The molecule has 184 valence electrons. The first kappa shape index (κ1) is 23.6. The predicted octanol–water partition coefficient (Wildman–Crippen LogP) is 6.08. The number of carbonyl (C=O) groups excluding carboxylic acids is 2. The van der Waals surface area contributed by atoms with Crippen LogP contribution in [0, 0.1) is 0 Å². The van der Waals surface area contributed by atoms with Gasteiger partial charge >= 0.3 is 5.97 Å². The van der Waals surface area contributed by atoms with E-state index < -0.39 is 0 Å². The van der Waals surface area contributed by atoms with Crippen LogP contribution in [-0.4, -0.2) is 35.1 Å². The van der Waals surface area contributed by atoms with Crippen LogP contribution in [0.15, 0.2) is 67.0 Å². The number of rotatable bonds is 6. The van der Waals surface area contributed by atoms with Crippen molar-refractivity contribution in [2.75, 3.05) is 12.4 Å². The second-order valence-corrected chi connectivity index (χ2v) is 9.21. The predicted molar refractivity (Wildman–Crippen MR) is 139 cm³/mol. The molecule has 0 atom stereocenters. The Bertz CT molecular complexity index is 1370. The number of benzene rings is 2. The van der Waals surface area contributed by atoms with Crippen LogP contribution in [0.3, 0.4) is 0 Å². The van der Waals surface area contributed by atoms with E-state index in [1.54, 1.807) is 19.5 Å². The highest BCUT2D eigenvalue weighted by atomic mass is 16.5. The number of aromatic nitrogens is 2. The van der Waals surface area contributed by atoms with Gasteiger partial charge in [0.15, 0.2) is 0 Å². The lowest BCUT2D eigenvalue weighted by molar-refractivity contribution is -0.147. The monoisotopic (exact) mass is 483 g/mol. The lowest BCUT2D eigenvalue weighted by atomic mass is 9.82. The summed E-state index contributed by atoms with van der Waals surface area (Å²) in [5.74, 6) is 0.778. The first-order valence-corrected chi connectivity index (χ1v) is 12.2. The Morgan fingerprint density at radius 2 is 1.78 bits per heavy atom. The topological polar surface area (TPSA) is 93.3 Å². The highest BCUT2D eigenvalue weighted by Crippen LogP contribution is 2.35. The maximum Gasteiger partial charge on any atom is 0.302 e. The molecule has 2 N–H and O–H groups in total. The summed E-state index contributed by atoms with van der Waals surface area (Å²) in [4.78, 5) is 31.7. The number of H-pyrrole nitrogens is 1. The summed E-state index contributed by atoms with van der Waals surface area (Å²) in [7, 11) is 1.60. The zero-order valence-electron chi connectivity index (χ0n) is 20.4. The van der Waals surface area contributed by atoms with E-state index in [2.05, 4.69) is 39.6 Å². The lowest BCUT2D eigenvalue weighted by Crippen LogP contribution is -2.22. The fourth-order valence-corrected chi connectivity index (χ4v) is 4.93. The van der Waals surface area contributed by atoms with Crippen molar-refractivity contribution in [3.63, 3.8) is 0 Å². The molecule has 2 aromatic carbocycles. The fraction of sp³-hybridized carbons (Fsp3) is 0.276. The zero-order chi connectivity index (χ0) is 25.1. The Morgan fingerprint density at radius 3 is 2.44 bits per heavy atom. The van der Waals surface area contributed by atoms with Crippen LogP contribution in [0.1, 0.15) is 54.4 Å². The summed E-state index contributed by atoms with van der Waals surface area (Å²) >= 11 is 0. The molecule has 0 spiro atoms. The maximum absolute atomic E-state index is 12.9. The van der Waals surface area contributed by atoms with Crippen LogP contribution < -0.4 is 10.1 Å². The number of fused-ring (bicyclic) bond motifs is 1. The molecule has 2 heterocycles. The van der Waals surface area contributed by atoms with Gasteiger partial charge in [0.05, 0.1) is 30.3 Å². The molecule has 7 heteroatoms. The van der Waals surface area contributed by atoms with Gasteiger partial charge in [0.1, 0.15) is 11.9 Å². The zero-order valence-corrected chi connectivity index (χ0v) is 20.4. The molecule has 7 nitrogen and oxygen atoms in total. The molecular formula is C29H29N3O4. The summed E-state index contributed by atoms with van der Waals surface area (Å²) < 4.78 is 10.6. The number of carbonyl (C=O) groups is 2. The van der Waals surface area contributed by atoms with Gasteiger partial charge in [-0.2, -0.15) is 0 Å². The van der Waals surface area contributed by atoms with Gasteiger partial charge < -0.3 is 19.8 Å². The largest absolute Gasteiger partial charge is 0.497 e. The van der Waals surface area contributed by atoms with Gasteiger partial charge in [-0.3, -0.25) is 14.6 Å². The number of nitrogens with one attached hydrogen (secondary N) is 2. The molecule has 36 heavy (non-hydrogen) atoms. The molecule has 4 aromatic rings. The summed E-state index contributed by atoms with van der Waals surface area (Å²) in [6.45, 7) is 1.47. The summed E-state index contributed by atoms with van der Waals surface area (Å²) in [6, 6.07) is 17.9. The van der Waals surface area contributed by atoms with Gasteiger partial charge in [-0.1, -0.05) is 24.3 Å². The Morgan fingerprint density at radius 1 is 1.00 bits per heavy atom. The molecule has 0 radical (unpaired) electrons. The van der Waals surface area contributed by atoms with E-state index in [9.17, 15) is 9.59 Å². The highest BCUT2D eigenvalue weighted by molar-refractivity contribution is 6.13. The summed E-state index contributed by atoms with van der Waals surface area (Å²) in [6.07, 6.45) is 7.29. The molecule has 1 amide bonds. The van der Waals surface area contributed by atoms with Crippen molar-refractivity contribution < 1.29 is 19.1 Å². The standard InChI is InChI=1S/C29H29N3O4/c1-18(33)36-23-10-7-20(8-11-23)19-3-5-21(6-4-19)27-13-9-22(16-30-27)32-29(34)26-17-31-28-14-12-24(35-2)15-25(26)28/h3-6,9,12-17,20,23,31H,7-8,10-11H2,1-2H3,(H,32,34). The fourth-order valence-electron chi connectivity index (χ4n) is 4.93. The van der Waals surface area contributed by atoms with Crippen LogP contribution in [0.2, 0.25) is 0 Å². The number of esters is 1. The van der Waals surface area contributed by atoms with Crippen LogP contribution >= 0.6 is 0 Å². The van der Waals surface area contributed by atoms with Gasteiger partial charge in [-0.15, -0.1) is 0 Å². The number of nitrogens with zero attached hydrogens (tertiary/aromatic N) is 1. The highest BCUT2D eigenvalue weighted by Gasteiger charge is 2.24. The maximum atomic E-state index is 12.9. The Labute approximate surface area is 209 Å². The molecule has 2 aromatic heterocycles. The van der Waals surface area contributed by atoms with Crippen molar-refractivity contribution in [3.8, 4) is 17.0 Å². The molecule has 1 aliphatic carbocycles. The van der Waals surface area contributed by atoms with Crippen molar-refractivity contribution in [2.45, 2.75) is 44.6 Å². The Hall–Kier alpha value is -4.13. The number of aromatic amines is 1. The van der Waals surface area contributed by atoms with Crippen molar-refractivity contribution in [1.82, 2.24) is 9.97 Å². The van der Waals surface area contributed by atoms with Crippen LogP contribution in [0.4, 0.5) is 5.69 Å². The quantitative estimate of drug-likeness (QED) is 0.324. The van der Waals surface area contributed by atoms with E-state index in [0.29, 0.717) is 22.9 Å². The third-order valence-electron chi connectivity index (χ3n) is 6.84. The molecule has 0 bridgehead atoms. The van der Waals surface area contributed by atoms with E-state index in [0.717, 1.165) is 47.8 Å². The summed E-state index contributed by atoms with van der Waals surface area (Å²) in [5, 5.41) is 3.73. The molecule has 1 saturated carbocycles. The van der Waals surface area contributed by atoms with Crippen molar-refractivity contribution in [3.05, 3.63) is 78.1 Å². The molecule has 1 aliphatic rings. The third kappa shape index (κ3) is 5.10. The van der Waals surface area contributed by atoms with Crippen molar-refractivity contribution in [2.24, 2.45) is 0 Å². The molecule has 5 rings (SSSR count). The van der Waals surface area contributed by atoms with E-state index in [-0.39, 0.29) is 18.0 Å².